The maximum Gasteiger partial charge on any atom is 0.131 e. The lowest BCUT2D eigenvalue weighted by atomic mass is 10.0. The molecule has 2 rings (SSSR count). The maximum absolute atomic E-state index is 13.7. The summed E-state index contributed by atoms with van der Waals surface area (Å²) in [5.74, 6) is -0.173. The molecular weight excluding hydrogens is 275 g/mol. The monoisotopic (exact) mass is 300 g/mol. The van der Waals surface area contributed by atoms with Crippen LogP contribution >= 0.6 is 0 Å². The van der Waals surface area contributed by atoms with Crippen molar-refractivity contribution in [2.75, 3.05) is 0 Å². The maximum atomic E-state index is 13.7. The van der Waals surface area contributed by atoms with Gasteiger partial charge in [-0.2, -0.15) is 0 Å². The fourth-order valence-corrected chi connectivity index (χ4v) is 2.67. The zero-order valence-corrected chi connectivity index (χ0v) is 13.3. The van der Waals surface area contributed by atoms with Gasteiger partial charge in [-0.3, -0.25) is 0 Å². The molecule has 2 aromatic carbocycles. The SMILES string of the molecule is CC(O)CCCCCCc1ccc(-c2ccccc2F)cc1. The highest BCUT2D eigenvalue weighted by molar-refractivity contribution is 5.64. The minimum atomic E-state index is -0.175. The van der Waals surface area contributed by atoms with E-state index < -0.39 is 0 Å². The smallest absolute Gasteiger partial charge is 0.131 e. The number of unbranched alkanes of at least 4 members (excludes halogenated alkanes) is 3. The van der Waals surface area contributed by atoms with Crippen molar-refractivity contribution in [3.63, 3.8) is 0 Å². The molecule has 1 unspecified atom stereocenters. The summed E-state index contributed by atoms with van der Waals surface area (Å²) in [4.78, 5) is 0. The Labute approximate surface area is 132 Å². The normalized spacial score (nSPS) is 12.3. The summed E-state index contributed by atoms with van der Waals surface area (Å²) in [6.07, 6.45) is 6.43. The number of rotatable bonds is 8. The lowest BCUT2D eigenvalue weighted by Crippen LogP contribution is -1.98. The molecule has 0 heterocycles. The number of aliphatic hydroxyl groups is 1. The van der Waals surface area contributed by atoms with Gasteiger partial charge in [0.1, 0.15) is 5.82 Å². The average molecular weight is 300 g/mol. The van der Waals surface area contributed by atoms with Crippen LogP contribution in [0.5, 0.6) is 0 Å². The van der Waals surface area contributed by atoms with Crippen LogP contribution in [0.4, 0.5) is 4.39 Å². The molecular formula is C20H25FO. The molecule has 22 heavy (non-hydrogen) atoms. The standard InChI is InChI=1S/C20H25FO/c1-16(22)8-4-2-3-5-9-17-12-14-18(15-13-17)19-10-6-7-11-20(19)21/h6-7,10-16,22H,2-5,8-9H2,1H3. The van der Waals surface area contributed by atoms with E-state index in [1.807, 2.05) is 31.2 Å². The molecule has 0 saturated heterocycles. The predicted octanol–water partition coefficient (Wildman–Crippen LogP) is 5.37. The third-order valence-electron chi connectivity index (χ3n) is 3.98. The van der Waals surface area contributed by atoms with Crippen LogP contribution in [0.25, 0.3) is 11.1 Å². The molecule has 1 atom stereocenters. The minimum Gasteiger partial charge on any atom is -0.393 e. The van der Waals surface area contributed by atoms with Crippen molar-refractivity contribution in [2.24, 2.45) is 0 Å². The molecule has 0 saturated carbocycles. The van der Waals surface area contributed by atoms with Crippen molar-refractivity contribution in [3.8, 4) is 11.1 Å². The van der Waals surface area contributed by atoms with E-state index in [2.05, 4.69) is 12.1 Å². The van der Waals surface area contributed by atoms with Crippen molar-refractivity contribution >= 4 is 0 Å². The third kappa shape index (κ3) is 5.27. The van der Waals surface area contributed by atoms with E-state index in [1.54, 1.807) is 6.07 Å². The largest absolute Gasteiger partial charge is 0.393 e. The molecule has 0 bridgehead atoms. The van der Waals surface area contributed by atoms with Gasteiger partial charge in [-0.1, -0.05) is 61.7 Å². The number of halogens is 1. The van der Waals surface area contributed by atoms with Crippen molar-refractivity contribution in [2.45, 2.75) is 51.6 Å². The Balaban J connectivity index is 1.79. The summed E-state index contributed by atoms with van der Waals surface area (Å²) in [5.41, 5.74) is 2.89. The second-order valence-corrected chi connectivity index (χ2v) is 5.98. The van der Waals surface area contributed by atoms with Crippen molar-refractivity contribution in [1.29, 1.82) is 0 Å². The molecule has 1 N–H and O–H groups in total. The summed E-state index contributed by atoms with van der Waals surface area (Å²) in [5, 5.41) is 9.20. The Hall–Kier alpha value is -1.67. The molecule has 0 spiro atoms. The highest BCUT2D eigenvalue weighted by Gasteiger charge is 2.03. The Morgan fingerprint density at radius 2 is 1.59 bits per heavy atom. The first-order chi connectivity index (χ1) is 10.7. The van der Waals surface area contributed by atoms with E-state index in [-0.39, 0.29) is 11.9 Å². The van der Waals surface area contributed by atoms with E-state index in [9.17, 15) is 9.50 Å². The Morgan fingerprint density at radius 3 is 2.27 bits per heavy atom. The highest BCUT2D eigenvalue weighted by atomic mass is 19.1. The molecule has 118 valence electrons. The minimum absolute atomic E-state index is 0.173. The zero-order chi connectivity index (χ0) is 15.8. The van der Waals surface area contributed by atoms with Crippen LogP contribution in [0.15, 0.2) is 48.5 Å². The lowest BCUT2D eigenvalue weighted by molar-refractivity contribution is 0.180. The molecule has 0 aliphatic carbocycles. The molecule has 0 aliphatic heterocycles. The van der Waals surface area contributed by atoms with Crippen molar-refractivity contribution < 1.29 is 9.50 Å². The van der Waals surface area contributed by atoms with Gasteiger partial charge in [0.15, 0.2) is 0 Å². The van der Waals surface area contributed by atoms with Gasteiger partial charge in [-0.15, -0.1) is 0 Å². The van der Waals surface area contributed by atoms with Crippen LogP contribution in [-0.2, 0) is 6.42 Å². The molecule has 0 aromatic heterocycles. The van der Waals surface area contributed by atoms with E-state index in [4.69, 9.17) is 0 Å². The second kappa shape index (κ2) is 8.70. The molecule has 0 radical (unpaired) electrons. The van der Waals surface area contributed by atoms with Crippen LogP contribution in [0.3, 0.4) is 0 Å². The van der Waals surface area contributed by atoms with Crippen LogP contribution in [0.2, 0.25) is 0 Å². The predicted molar refractivity (Wildman–Crippen MR) is 90.3 cm³/mol. The summed E-state index contributed by atoms with van der Waals surface area (Å²) in [7, 11) is 0. The Bertz CT molecular complexity index is 560. The van der Waals surface area contributed by atoms with E-state index in [0.29, 0.717) is 5.56 Å². The second-order valence-electron chi connectivity index (χ2n) is 5.98. The summed E-state index contributed by atoms with van der Waals surface area (Å²) in [6.45, 7) is 1.84. The summed E-state index contributed by atoms with van der Waals surface area (Å²) in [6, 6.07) is 15.1. The van der Waals surface area contributed by atoms with Gasteiger partial charge < -0.3 is 5.11 Å². The Kier molecular flexibility index (Phi) is 6.60. The molecule has 2 heteroatoms. The van der Waals surface area contributed by atoms with Crippen molar-refractivity contribution in [3.05, 3.63) is 59.9 Å². The van der Waals surface area contributed by atoms with Crippen LogP contribution in [-0.4, -0.2) is 11.2 Å². The first kappa shape index (κ1) is 16.7. The molecule has 0 aliphatic rings. The van der Waals surface area contributed by atoms with E-state index >= 15 is 0 Å². The molecule has 2 aromatic rings. The number of hydrogen-bond donors (Lipinski definition) is 1. The van der Waals surface area contributed by atoms with Gasteiger partial charge in [0.2, 0.25) is 0 Å². The number of benzene rings is 2. The third-order valence-corrected chi connectivity index (χ3v) is 3.98. The van der Waals surface area contributed by atoms with Gasteiger partial charge in [0.25, 0.3) is 0 Å². The highest BCUT2D eigenvalue weighted by Crippen LogP contribution is 2.23. The number of aryl methyl sites for hydroxylation is 1. The molecule has 0 amide bonds. The van der Waals surface area contributed by atoms with E-state index in [0.717, 1.165) is 24.8 Å². The quantitative estimate of drug-likeness (QED) is 0.650. The van der Waals surface area contributed by atoms with Crippen molar-refractivity contribution in [1.82, 2.24) is 0 Å². The first-order valence-corrected chi connectivity index (χ1v) is 8.19. The fraction of sp³-hybridized carbons (Fsp3) is 0.400. The molecule has 0 fully saturated rings. The Morgan fingerprint density at radius 1 is 0.909 bits per heavy atom. The fourth-order valence-electron chi connectivity index (χ4n) is 2.67. The van der Waals surface area contributed by atoms with Gasteiger partial charge in [0.05, 0.1) is 6.10 Å². The number of hydrogen-bond acceptors (Lipinski definition) is 1. The van der Waals surface area contributed by atoms with Crippen LogP contribution < -0.4 is 0 Å². The van der Waals surface area contributed by atoms with Gasteiger partial charge in [-0.25, -0.2) is 4.39 Å². The van der Waals surface area contributed by atoms with Crippen LogP contribution in [0.1, 0.15) is 44.6 Å². The summed E-state index contributed by atoms with van der Waals surface area (Å²) >= 11 is 0. The van der Waals surface area contributed by atoms with Gasteiger partial charge >= 0.3 is 0 Å². The summed E-state index contributed by atoms with van der Waals surface area (Å²) < 4.78 is 13.7. The van der Waals surface area contributed by atoms with Gasteiger partial charge in [-0.05, 0) is 43.4 Å². The first-order valence-electron chi connectivity index (χ1n) is 8.19. The van der Waals surface area contributed by atoms with E-state index in [1.165, 1.54) is 30.9 Å². The van der Waals surface area contributed by atoms with Crippen LogP contribution in [0, 0.1) is 5.82 Å². The topological polar surface area (TPSA) is 20.2 Å². The number of aliphatic hydroxyl groups excluding tert-OH is 1. The van der Waals surface area contributed by atoms with Gasteiger partial charge in [0, 0.05) is 5.56 Å². The molecule has 1 nitrogen and oxygen atoms in total. The lowest BCUT2D eigenvalue weighted by Gasteiger charge is -2.06. The average Bonchev–Trinajstić information content (AvgIpc) is 2.52. The zero-order valence-electron chi connectivity index (χ0n) is 13.3.